The lowest BCUT2D eigenvalue weighted by Crippen LogP contribution is -2.24. The Morgan fingerprint density at radius 3 is 2.67 bits per heavy atom. The van der Waals surface area contributed by atoms with Crippen molar-refractivity contribution in [1.82, 2.24) is 19.6 Å². The number of hydrogen-bond acceptors (Lipinski definition) is 3. The molecule has 8 heteroatoms. The average Bonchev–Trinajstić information content (AvgIpc) is 2.56. The van der Waals surface area contributed by atoms with E-state index in [1.54, 1.807) is 11.7 Å². The number of hydrogen-bond donors (Lipinski definition) is 0. The molecule has 0 radical (unpaired) electrons. The maximum atomic E-state index is 11.9. The molecule has 2 heterocycles. The molecule has 0 aromatic carbocycles. The average molecular weight is 352 g/mol. The summed E-state index contributed by atoms with van der Waals surface area (Å²) in [4.78, 5) is 11.9. The van der Waals surface area contributed by atoms with Crippen molar-refractivity contribution < 1.29 is 0 Å². The van der Waals surface area contributed by atoms with E-state index < -0.39 is 5.56 Å². The van der Waals surface area contributed by atoms with Crippen molar-refractivity contribution in [3.63, 3.8) is 0 Å². The Bertz CT molecular complexity index is 665. The van der Waals surface area contributed by atoms with Crippen LogP contribution in [0.4, 0.5) is 0 Å². The fourth-order valence-corrected chi connectivity index (χ4v) is 2.28. The second-order valence-corrected chi connectivity index (χ2v) is 5.32. The summed E-state index contributed by atoms with van der Waals surface area (Å²) >= 11 is 14.9. The van der Waals surface area contributed by atoms with Crippen molar-refractivity contribution in [1.29, 1.82) is 0 Å². The first-order chi connectivity index (χ1) is 8.41. The van der Waals surface area contributed by atoms with Gasteiger partial charge in [-0.05, 0) is 22.9 Å². The Hall–Kier alpha value is -0.850. The fraction of sp³-hybridized carbons (Fsp3) is 0.300. The van der Waals surface area contributed by atoms with E-state index in [1.807, 2.05) is 6.92 Å². The van der Waals surface area contributed by atoms with Gasteiger partial charge in [-0.25, -0.2) is 4.68 Å². The Morgan fingerprint density at radius 1 is 1.44 bits per heavy atom. The number of rotatable bonds is 2. The number of nitrogens with zero attached hydrogens (tertiary/aromatic N) is 4. The molecule has 0 N–H and O–H groups in total. The van der Waals surface area contributed by atoms with Crippen LogP contribution in [0.3, 0.4) is 0 Å². The van der Waals surface area contributed by atoms with Crippen LogP contribution in [0.5, 0.6) is 0 Å². The molecule has 18 heavy (non-hydrogen) atoms. The maximum absolute atomic E-state index is 11.9. The van der Waals surface area contributed by atoms with Crippen molar-refractivity contribution >= 4 is 39.1 Å². The van der Waals surface area contributed by atoms with E-state index in [0.29, 0.717) is 0 Å². The predicted molar refractivity (Wildman–Crippen MR) is 73.3 cm³/mol. The molecule has 0 bridgehead atoms. The summed E-state index contributed by atoms with van der Waals surface area (Å²) in [6.45, 7) is 2.15. The van der Waals surface area contributed by atoms with Gasteiger partial charge in [-0.1, -0.05) is 23.2 Å². The second-order valence-electron chi connectivity index (χ2n) is 3.74. The van der Waals surface area contributed by atoms with Crippen molar-refractivity contribution in [3.05, 3.63) is 42.5 Å². The summed E-state index contributed by atoms with van der Waals surface area (Å²) in [6, 6.07) is 0. The molecule has 0 saturated carbocycles. The fourth-order valence-electron chi connectivity index (χ4n) is 1.55. The SMILES string of the molecule is Cc1nn(C)c(Cn2ncc(Cl)c(Cl)c2=O)c1Br. The van der Waals surface area contributed by atoms with Crippen LogP contribution in [-0.4, -0.2) is 19.6 Å². The summed E-state index contributed by atoms with van der Waals surface area (Å²) in [5.74, 6) is 0. The van der Waals surface area contributed by atoms with Gasteiger partial charge in [0.15, 0.2) is 0 Å². The van der Waals surface area contributed by atoms with E-state index in [4.69, 9.17) is 23.2 Å². The number of aromatic nitrogens is 4. The summed E-state index contributed by atoms with van der Waals surface area (Å²) in [6.07, 6.45) is 1.35. The third-order valence-corrected chi connectivity index (χ3v) is 4.28. The van der Waals surface area contributed by atoms with Crippen molar-refractivity contribution in [3.8, 4) is 0 Å². The first-order valence-corrected chi connectivity index (χ1v) is 6.55. The zero-order valence-corrected chi connectivity index (χ0v) is 12.7. The molecule has 0 saturated heterocycles. The molecule has 2 aromatic heterocycles. The topological polar surface area (TPSA) is 52.7 Å². The molecule has 0 fully saturated rings. The largest absolute Gasteiger partial charge is 0.287 e. The van der Waals surface area contributed by atoms with Crippen molar-refractivity contribution in [2.24, 2.45) is 7.05 Å². The Morgan fingerprint density at radius 2 is 2.11 bits per heavy atom. The lowest BCUT2D eigenvalue weighted by Gasteiger charge is -2.06. The molecule has 2 aromatic rings. The van der Waals surface area contributed by atoms with Crippen molar-refractivity contribution in [2.45, 2.75) is 13.5 Å². The summed E-state index contributed by atoms with van der Waals surface area (Å²) in [5.41, 5.74) is 1.26. The molecule has 0 aliphatic carbocycles. The van der Waals surface area contributed by atoms with E-state index in [9.17, 15) is 4.79 Å². The van der Waals surface area contributed by atoms with Gasteiger partial charge in [-0.15, -0.1) is 0 Å². The highest BCUT2D eigenvalue weighted by Gasteiger charge is 2.14. The summed E-state index contributed by atoms with van der Waals surface area (Å²) in [5, 5.41) is 8.32. The van der Waals surface area contributed by atoms with Crippen LogP contribution < -0.4 is 5.56 Å². The molecule has 5 nitrogen and oxygen atoms in total. The molecule has 0 unspecified atom stereocenters. The number of halogens is 3. The minimum absolute atomic E-state index is 0.0262. The molecular formula is C10H9BrCl2N4O. The maximum Gasteiger partial charge on any atom is 0.287 e. The highest BCUT2D eigenvalue weighted by atomic mass is 79.9. The van der Waals surface area contributed by atoms with E-state index in [2.05, 4.69) is 26.1 Å². The Balaban J connectivity index is 2.47. The third kappa shape index (κ3) is 2.32. The van der Waals surface area contributed by atoms with Gasteiger partial charge < -0.3 is 0 Å². The lowest BCUT2D eigenvalue weighted by atomic mass is 10.3. The third-order valence-electron chi connectivity index (χ3n) is 2.50. The predicted octanol–water partition coefficient (Wildman–Crippen LogP) is 2.40. The Kier molecular flexibility index (Phi) is 3.79. The molecule has 0 aliphatic rings. The minimum atomic E-state index is -0.421. The van der Waals surface area contributed by atoms with E-state index in [1.165, 1.54) is 10.9 Å². The van der Waals surface area contributed by atoms with Gasteiger partial charge in [0.05, 0.1) is 33.6 Å². The molecule has 0 amide bonds. The van der Waals surface area contributed by atoms with Gasteiger partial charge in [-0.2, -0.15) is 10.2 Å². The van der Waals surface area contributed by atoms with Gasteiger partial charge in [0, 0.05) is 7.05 Å². The normalized spacial score (nSPS) is 10.9. The first-order valence-electron chi connectivity index (χ1n) is 5.01. The first kappa shape index (κ1) is 13.6. The monoisotopic (exact) mass is 350 g/mol. The minimum Gasteiger partial charge on any atom is -0.269 e. The van der Waals surface area contributed by atoms with Crippen molar-refractivity contribution in [2.75, 3.05) is 0 Å². The van der Waals surface area contributed by atoms with E-state index >= 15 is 0 Å². The zero-order valence-electron chi connectivity index (χ0n) is 9.62. The quantitative estimate of drug-likeness (QED) is 0.834. The van der Waals surface area contributed by atoms with Gasteiger partial charge in [0.1, 0.15) is 5.02 Å². The van der Waals surface area contributed by atoms with Gasteiger partial charge in [0.25, 0.3) is 5.56 Å². The highest BCUT2D eigenvalue weighted by molar-refractivity contribution is 9.10. The number of aryl methyl sites for hydroxylation is 2. The summed E-state index contributed by atoms with van der Waals surface area (Å²) in [7, 11) is 1.80. The summed E-state index contributed by atoms with van der Waals surface area (Å²) < 4.78 is 3.79. The molecule has 0 spiro atoms. The molecule has 96 valence electrons. The zero-order chi connectivity index (χ0) is 13.4. The van der Waals surface area contributed by atoms with Crippen LogP contribution in [0.2, 0.25) is 10.0 Å². The van der Waals surface area contributed by atoms with Crippen LogP contribution in [0.1, 0.15) is 11.4 Å². The van der Waals surface area contributed by atoms with Crippen LogP contribution in [0.15, 0.2) is 15.5 Å². The van der Waals surface area contributed by atoms with Crippen LogP contribution in [-0.2, 0) is 13.6 Å². The second kappa shape index (κ2) is 5.03. The van der Waals surface area contributed by atoms with Gasteiger partial charge in [0.2, 0.25) is 0 Å². The Labute approximate surface area is 121 Å². The molecule has 0 atom stereocenters. The van der Waals surface area contributed by atoms with Crippen LogP contribution in [0.25, 0.3) is 0 Å². The van der Waals surface area contributed by atoms with E-state index in [-0.39, 0.29) is 16.6 Å². The van der Waals surface area contributed by atoms with E-state index in [0.717, 1.165) is 15.9 Å². The molecule has 2 rings (SSSR count). The smallest absolute Gasteiger partial charge is 0.269 e. The highest BCUT2D eigenvalue weighted by Crippen LogP contribution is 2.21. The lowest BCUT2D eigenvalue weighted by molar-refractivity contribution is 0.589. The molecular weight excluding hydrogens is 343 g/mol. The van der Waals surface area contributed by atoms with Gasteiger partial charge >= 0.3 is 0 Å². The molecule has 0 aliphatic heterocycles. The van der Waals surface area contributed by atoms with Crippen LogP contribution >= 0.6 is 39.1 Å². The standard InChI is InChI=1S/C10H9BrCl2N4O/c1-5-8(11)7(16(2)15-5)4-17-10(18)9(13)6(12)3-14-17/h3H,4H2,1-2H3. The van der Waals surface area contributed by atoms with Gasteiger partial charge in [-0.3, -0.25) is 9.48 Å². The van der Waals surface area contributed by atoms with Crippen LogP contribution in [0, 0.1) is 6.92 Å².